The van der Waals surface area contributed by atoms with Gasteiger partial charge < -0.3 is 16.0 Å². The van der Waals surface area contributed by atoms with E-state index in [-0.39, 0.29) is 18.4 Å². The Hall–Kier alpha value is -4.27. The van der Waals surface area contributed by atoms with Gasteiger partial charge in [0, 0.05) is 31.3 Å². The smallest absolute Gasteiger partial charge is 0.325 e. The zero-order valence-electron chi connectivity index (χ0n) is 19.7. The minimum absolute atomic E-state index is 0.270. The molecule has 180 valence electrons. The lowest BCUT2D eigenvalue weighted by molar-refractivity contribution is -0.156. The molecule has 3 N–H and O–H groups in total. The van der Waals surface area contributed by atoms with E-state index in [1.54, 1.807) is 49.9 Å². The molecule has 4 amide bonds. The summed E-state index contributed by atoms with van der Waals surface area (Å²) < 4.78 is 0. The Bertz CT molecular complexity index is 1200. The summed E-state index contributed by atoms with van der Waals surface area (Å²) in [5, 5.41) is 2.93. The molecular formula is C26H28N6O3. The van der Waals surface area contributed by atoms with Crippen molar-refractivity contribution in [2.24, 2.45) is 5.92 Å². The number of pyridine rings is 2. The van der Waals surface area contributed by atoms with Gasteiger partial charge in [0.2, 0.25) is 5.91 Å². The number of likely N-dealkylation sites (N-methyl/N-ethyl adjacent to an activating group) is 1. The highest BCUT2D eigenvalue weighted by molar-refractivity contribution is 6.12. The van der Waals surface area contributed by atoms with Crippen LogP contribution in [0.1, 0.15) is 30.5 Å². The van der Waals surface area contributed by atoms with Crippen LogP contribution in [0, 0.1) is 5.92 Å². The van der Waals surface area contributed by atoms with Crippen LogP contribution in [0.2, 0.25) is 0 Å². The summed E-state index contributed by atoms with van der Waals surface area (Å²) in [7, 11) is 1.62. The number of urea groups is 1. The van der Waals surface area contributed by atoms with Crippen LogP contribution in [0.4, 0.5) is 16.3 Å². The van der Waals surface area contributed by atoms with E-state index in [1.807, 2.05) is 37.3 Å². The molecule has 1 saturated heterocycles. The molecule has 4 rings (SSSR count). The Morgan fingerprint density at radius 3 is 2.49 bits per heavy atom. The third-order valence-corrected chi connectivity index (χ3v) is 6.28. The number of nitrogen functional groups attached to an aromatic ring is 1. The number of amides is 4. The molecule has 1 fully saturated rings. The van der Waals surface area contributed by atoms with Crippen LogP contribution in [-0.2, 0) is 16.0 Å². The van der Waals surface area contributed by atoms with E-state index in [4.69, 9.17) is 5.73 Å². The van der Waals surface area contributed by atoms with E-state index in [9.17, 15) is 14.4 Å². The van der Waals surface area contributed by atoms with Gasteiger partial charge in [-0.3, -0.25) is 19.5 Å². The number of anilines is 2. The summed E-state index contributed by atoms with van der Waals surface area (Å²) in [4.78, 5) is 50.5. The van der Waals surface area contributed by atoms with Crippen LogP contribution in [0.5, 0.6) is 0 Å². The van der Waals surface area contributed by atoms with Gasteiger partial charge in [0.25, 0.3) is 5.91 Å². The highest BCUT2D eigenvalue weighted by Gasteiger charge is 2.55. The quantitative estimate of drug-likeness (QED) is 0.510. The molecule has 0 unspecified atom stereocenters. The molecule has 3 atom stereocenters. The topological polar surface area (TPSA) is 122 Å². The first-order valence-corrected chi connectivity index (χ1v) is 11.5. The number of aromatic nitrogens is 2. The maximum absolute atomic E-state index is 13.6. The van der Waals surface area contributed by atoms with Crippen LogP contribution in [-0.4, -0.2) is 45.8 Å². The molecule has 1 aliphatic heterocycles. The number of hydrogen-bond donors (Lipinski definition) is 2. The average Bonchev–Trinajstić information content (AvgIpc) is 2.89. The maximum Gasteiger partial charge on any atom is 0.325 e. The van der Waals surface area contributed by atoms with E-state index in [0.29, 0.717) is 17.9 Å². The molecule has 3 aromatic rings. The van der Waals surface area contributed by atoms with E-state index < -0.39 is 23.9 Å². The number of benzene rings is 1. The van der Waals surface area contributed by atoms with Crippen molar-refractivity contribution in [1.29, 1.82) is 0 Å². The van der Waals surface area contributed by atoms with E-state index in [1.165, 1.54) is 4.90 Å². The number of carbonyl (C=O) groups excluding carboxylic acids is 3. The second-order valence-corrected chi connectivity index (χ2v) is 8.48. The fraction of sp³-hybridized carbons (Fsp3) is 0.269. The lowest BCUT2D eigenvalue weighted by Crippen LogP contribution is -2.70. The number of carbonyl (C=O) groups is 3. The van der Waals surface area contributed by atoms with Crippen molar-refractivity contribution in [3.63, 3.8) is 0 Å². The lowest BCUT2D eigenvalue weighted by atomic mass is 9.81. The SMILES string of the molecule is CC[C@@H](NC(=O)N1C(=O)[C@H](Cc2ccnc(N)c2)[C@H]1C(=O)N(C)c1ccncc1)c1ccccc1. The molecule has 3 heterocycles. The van der Waals surface area contributed by atoms with Crippen molar-refractivity contribution in [3.8, 4) is 0 Å². The normalized spacial score (nSPS) is 17.9. The molecule has 1 aromatic carbocycles. The lowest BCUT2D eigenvalue weighted by Gasteiger charge is -2.46. The minimum atomic E-state index is -0.955. The van der Waals surface area contributed by atoms with Crippen molar-refractivity contribution >= 4 is 29.4 Å². The van der Waals surface area contributed by atoms with Gasteiger partial charge in [0.15, 0.2) is 0 Å². The number of hydrogen-bond acceptors (Lipinski definition) is 6. The van der Waals surface area contributed by atoms with E-state index >= 15 is 0 Å². The van der Waals surface area contributed by atoms with Gasteiger partial charge in [-0.2, -0.15) is 0 Å². The Kier molecular flexibility index (Phi) is 7.05. The molecule has 0 bridgehead atoms. The molecule has 9 nitrogen and oxygen atoms in total. The molecule has 35 heavy (non-hydrogen) atoms. The van der Waals surface area contributed by atoms with Gasteiger partial charge in [0.1, 0.15) is 11.9 Å². The largest absolute Gasteiger partial charge is 0.384 e. The maximum atomic E-state index is 13.6. The summed E-state index contributed by atoms with van der Waals surface area (Å²) in [6.07, 6.45) is 5.62. The van der Waals surface area contributed by atoms with Gasteiger partial charge >= 0.3 is 6.03 Å². The van der Waals surface area contributed by atoms with Crippen molar-refractivity contribution in [2.45, 2.75) is 31.8 Å². The highest BCUT2D eigenvalue weighted by Crippen LogP contribution is 2.33. The van der Waals surface area contributed by atoms with Gasteiger partial charge in [-0.25, -0.2) is 9.78 Å². The average molecular weight is 473 g/mol. The van der Waals surface area contributed by atoms with Crippen LogP contribution in [0.3, 0.4) is 0 Å². The second-order valence-electron chi connectivity index (χ2n) is 8.48. The molecule has 0 aliphatic carbocycles. The van der Waals surface area contributed by atoms with Crippen molar-refractivity contribution in [1.82, 2.24) is 20.2 Å². The van der Waals surface area contributed by atoms with E-state index in [0.717, 1.165) is 16.0 Å². The molecular weight excluding hydrogens is 444 g/mol. The van der Waals surface area contributed by atoms with Gasteiger partial charge in [-0.1, -0.05) is 37.3 Å². The monoisotopic (exact) mass is 472 g/mol. The molecule has 0 radical (unpaired) electrons. The fourth-order valence-electron chi connectivity index (χ4n) is 4.35. The number of imide groups is 1. The molecule has 2 aromatic heterocycles. The first-order valence-electron chi connectivity index (χ1n) is 11.5. The predicted octanol–water partition coefficient (Wildman–Crippen LogP) is 2.95. The fourth-order valence-corrected chi connectivity index (χ4v) is 4.35. The third kappa shape index (κ3) is 4.98. The van der Waals surface area contributed by atoms with Crippen molar-refractivity contribution in [2.75, 3.05) is 17.7 Å². The van der Waals surface area contributed by atoms with Crippen LogP contribution >= 0.6 is 0 Å². The second kappa shape index (κ2) is 10.3. The van der Waals surface area contributed by atoms with Crippen molar-refractivity contribution in [3.05, 3.63) is 84.3 Å². The number of β-lactam (4-membered cyclic amide) rings is 1. The predicted molar refractivity (Wildman–Crippen MR) is 132 cm³/mol. The Morgan fingerprint density at radius 1 is 1.11 bits per heavy atom. The zero-order valence-corrected chi connectivity index (χ0v) is 19.7. The number of rotatable bonds is 7. The summed E-state index contributed by atoms with van der Waals surface area (Å²) in [6, 6.07) is 14.5. The van der Waals surface area contributed by atoms with Gasteiger partial charge in [-0.05, 0) is 48.2 Å². The standard InChI is InChI=1S/C26H28N6O3/c1-3-21(18-7-5-4-6-8-18)30-26(35)32-23(25(34)31(2)19-10-12-28-13-11-19)20(24(32)33)15-17-9-14-29-22(27)16-17/h4-14,16,20-21,23H,3,15H2,1-2H3,(H2,27,29)(H,30,35)/t20-,21-,23+/m1/s1. The van der Waals surface area contributed by atoms with E-state index in [2.05, 4.69) is 15.3 Å². The first kappa shape index (κ1) is 23.9. The Balaban J connectivity index is 1.59. The summed E-state index contributed by atoms with van der Waals surface area (Å²) in [6.45, 7) is 1.95. The summed E-state index contributed by atoms with van der Waals surface area (Å²) in [5.74, 6) is -1.13. The number of likely N-dealkylation sites (tertiary alicyclic amines) is 1. The third-order valence-electron chi connectivity index (χ3n) is 6.28. The van der Waals surface area contributed by atoms with Crippen molar-refractivity contribution < 1.29 is 14.4 Å². The Labute approximate surface area is 204 Å². The van der Waals surface area contributed by atoms with Gasteiger partial charge in [0.05, 0.1) is 12.0 Å². The van der Waals surface area contributed by atoms with Gasteiger partial charge in [-0.15, -0.1) is 0 Å². The summed E-state index contributed by atoms with van der Waals surface area (Å²) in [5.41, 5.74) is 8.12. The summed E-state index contributed by atoms with van der Waals surface area (Å²) >= 11 is 0. The zero-order chi connectivity index (χ0) is 24.9. The number of nitrogens with one attached hydrogen (secondary N) is 1. The Morgan fingerprint density at radius 2 is 1.83 bits per heavy atom. The van der Waals surface area contributed by atoms with Crippen LogP contribution in [0.15, 0.2) is 73.2 Å². The number of nitrogens with zero attached hydrogens (tertiary/aromatic N) is 4. The molecule has 1 aliphatic rings. The minimum Gasteiger partial charge on any atom is -0.384 e. The molecule has 0 saturated carbocycles. The van der Waals surface area contributed by atoms with Crippen LogP contribution < -0.4 is 16.0 Å². The molecule has 0 spiro atoms. The molecule has 9 heteroatoms. The van der Waals surface area contributed by atoms with Crippen LogP contribution in [0.25, 0.3) is 0 Å². The number of nitrogens with two attached hydrogens (primary N) is 1. The highest BCUT2D eigenvalue weighted by atomic mass is 16.2. The first-order chi connectivity index (χ1) is 16.9.